The number of carbonyl (C=O) groups is 1. The Morgan fingerprint density at radius 1 is 1.18 bits per heavy atom. The van der Waals surface area contributed by atoms with Gasteiger partial charge < -0.3 is 9.73 Å². The fourth-order valence-electron chi connectivity index (χ4n) is 3.72. The number of likely N-dealkylation sites (tertiary alicyclic amines) is 1. The average Bonchev–Trinajstić information content (AvgIpc) is 3.41. The molecule has 1 aromatic carbocycles. The van der Waals surface area contributed by atoms with Gasteiger partial charge in [-0.3, -0.25) is 9.69 Å². The fraction of sp³-hybridized carbons (Fsp3) is 0.364. The standard InChI is InChI=1S/C22H26N4O2/c1-2-19-11-12-20(28-19)16-25-14-4-3-6-21(25)22(27)24-17-7-9-18(10-8-17)26-15-5-13-23-26/h5,7-13,15,21H,2-4,6,14,16H2,1H3,(H,24,27). The van der Waals surface area contributed by atoms with E-state index in [-0.39, 0.29) is 11.9 Å². The molecule has 4 rings (SSSR count). The summed E-state index contributed by atoms with van der Waals surface area (Å²) in [5, 5.41) is 7.30. The first-order chi connectivity index (χ1) is 13.7. The van der Waals surface area contributed by atoms with Gasteiger partial charge in [0.15, 0.2) is 0 Å². The molecule has 0 spiro atoms. The van der Waals surface area contributed by atoms with Crippen LogP contribution in [0.3, 0.4) is 0 Å². The van der Waals surface area contributed by atoms with E-state index in [1.165, 1.54) is 0 Å². The van der Waals surface area contributed by atoms with E-state index < -0.39 is 0 Å². The van der Waals surface area contributed by atoms with Crippen molar-refractivity contribution < 1.29 is 9.21 Å². The van der Waals surface area contributed by atoms with Gasteiger partial charge >= 0.3 is 0 Å². The minimum absolute atomic E-state index is 0.0498. The number of hydrogen-bond acceptors (Lipinski definition) is 4. The zero-order valence-corrected chi connectivity index (χ0v) is 16.2. The van der Waals surface area contributed by atoms with Crippen molar-refractivity contribution in [3.8, 4) is 5.69 Å². The highest BCUT2D eigenvalue weighted by molar-refractivity contribution is 5.94. The van der Waals surface area contributed by atoms with Crippen LogP contribution in [0, 0.1) is 0 Å². The Kier molecular flexibility index (Phi) is 5.58. The number of nitrogens with one attached hydrogen (secondary N) is 1. The average molecular weight is 378 g/mol. The molecule has 0 radical (unpaired) electrons. The SMILES string of the molecule is CCc1ccc(CN2CCCCC2C(=O)Nc2ccc(-n3cccn3)cc2)o1. The summed E-state index contributed by atoms with van der Waals surface area (Å²) >= 11 is 0. The quantitative estimate of drug-likeness (QED) is 0.704. The van der Waals surface area contributed by atoms with Crippen molar-refractivity contribution in [1.82, 2.24) is 14.7 Å². The Morgan fingerprint density at radius 2 is 2.00 bits per heavy atom. The van der Waals surface area contributed by atoms with Crippen LogP contribution in [0.1, 0.15) is 37.7 Å². The van der Waals surface area contributed by atoms with Crippen LogP contribution in [-0.2, 0) is 17.8 Å². The fourth-order valence-corrected chi connectivity index (χ4v) is 3.72. The minimum Gasteiger partial charge on any atom is -0.465 e. The molecule has 6 heteroatoms. The smallest absolute Gasteiger partial charge is 0.241 e. The van der Waals surface area contributed by atoms with Crippen molar-refractivity contribution >= 4 is 11.6 Å². The number of furan rings is 1. The minimum atomic E-state index is -0.130. The molecule has 1 aliphatic heterocycles. The van der Waals surface area contributed by atoms with Crippen molar-refractivity contribution in [3.63, 3.8) is 0 Å². The van der Waals surface area contributed by atoms with Crippen molar-refractivity contribution in [2.75, 3.05) is 11.9 Å². The number of carbonyl (C=O) groups excluding carboxylic acids is 1. The maximum Gasteiger partial charge on any atom is 0.241 e. The Bertz CT molecular complexity index is 899. The first-order valence-corrected chi connectivity index (χ1v) is 9.95. The van der Waals surface area contributed by atoms with Crippen molar-refractivity contribution in [2.45, 2.75) is 45.2 Å². The summed E-state index contributed by atoms with van der Waals surface area (Å²) in [6.45, 7) is 3.67. The molecule has 146 valence electrons. The summed E-state index contributed by atoms with van der Waals surface area (Å²) in [6.07, 6.45) is 7.59. The summed E-state index contributed by atoms with van der Waals surface area (Å²) in [4.78, 5) is 15.2. The Balaban J connectivity index is 1.41. The van der Waals surface area contributed by atoms with E-state index in [9.17, 15) is 4.79 Å². The molecule has 0 aliphatic carbocycles. The maximum absolute atomic E-state index is 12.9. The molecule has 1 N–H and O–H groups in total. The van der Waals surface area contributed by atoms with E-state index in [2.05, 4.69) is 22.2 Å². The van der Waals surface area contributed by atoms with Gasteiger partial charge in [0, 0.05) is 24.5 Å². The lowest BCUT2D eigenvalue weighted by Crippen LogP contribution is -2.46. The predicted molar refractivity (Wildman–Crippen MR) is 108 cm³/mol. The van der Waals surface area contributed by atoms with Crippen molar-refractivity contribution in [2.24, 2.45) is 0 Å². The number of aryl methyl sites for hydroxylation is 1. The molecule has 1 fully saturated rings. The van der Waals surface area contributed by atoms with Gasteiger partial charge in [-0.15, -0.1) is 0 Å². The molecule has 1 unspecified atom stereocenters. The second kappa shape index (κ2) is 8.44. The summed E-state index contributed by atoms with van der Waals surface area (Å²) in [7, 11) is 0. The van der Waals surface area contributed by atoms with Crippen LogP contribution in [0.2, 0.25) is 0 Å². The normalized spacial score (nSPS) is 17.5. The number of piperidine rings is 1. The molecule has 1 saturated heterocycles. The molecule has 3 aromatic rings. The first-order valence-electron chi connectivity index (χ1n) is 9.95. The molecule has 28 heavy (non-hydrogen) atoms. The van der Waals surface area contributed by atoms with Crippen LogP contribution in [0.4, 0.5) is 5.69 Å². The van der Waals surface area contributed by atoms with Crippen molar-refractivity contribution in [1.29, 1.82) is 0 Å². The topological polar surface area (TPSA) is 63.3 Å². The van der Waals surface area contributed by atoms with E-state index in [4.69, 9.17) is 4.42 Å². The maximum atomic E-state index is 12.9. The third-order valence-corrected chi connectivity index (χ3v) is 5.24. The largest absolute Gasteiger partial charge is 0.465 e. The number of hydrogen-bond donors (Lipinski definition) is 1. The lowest BCUT2D eigenvalue weighted by atomic mass is 10.0. The summed E-state index contributed by atoms with van der Waals surface area (Å²) in [6, 6.07) is 13.5. The van der Waals surface area contributed by atoms with Gasteiger partial charge in [0.1, 0.15) is 11.5 Å². The van der Waals surface area contributed by atoms with Crippen LogP contribution < -0.4 is 5.32 Å². The van der Waals surface area contributed by atoms with Crippen LogP contribution >= 0.6 is 0 Å². The molecular weight excluding hydrogens is 352 g/mol. The lowest BCUT2D eigenvalue weighted by molar-refractivity contribution is -0.122. The predicted octanol–water partition coefficient (Wildman–Crippen LogP) is 4.02. The second-order valence-electron chi connectivity index (χ2n) is 7.19. The highest BCUT2D eigenvalue weighted by Crippen LogP contribution is 2.22. The Labute approximate surface area is 165 Å². The van der Waals surface area contributed by atoms with E-state index in [0.717, 1.165) is 55.1 Å². The van der Waals surface area contributed by atoms with Gasteiger partial charge in [-0.2, -0.15) is 5.10 Å². The molecular formula is C22H26N4O2. The lowest BCUT2D eigenvalue weighted by Gasteiger charge is -2.34. The summed E-state index contributed by atoms with van der Waals surface area (Å²) in [5.74, 6) is 1.97. The van der Waals surface area contributed by atoms with Gasteiger partial charge in [0.05, 0.1) is 18.3 Å². The van der Waals surface area contributed by atoms with Gasteiger partial charge in [-0.05, 0) is 61.9 Å². The van der Waals surface area contributed by atoms with E-state index in [1.54, 1.807) is 10.9 Å². The first kappa shape index (κ1) is 18.5. The zero-order valence-electron chi connectivity index (χ0n) is 16.2. The summed E-state index contributed by atoms with van der Waals surface area (Å²) in [5.41, 5.74) is 1.77. The van der Waals surface area contributed by atoms with Crippen LogP contribution in [-0.4, -0.2) is 33.2 Å². The molecule has 1 amide bonds. The molecule has 3 heterocycles. The van der Waals surface area contributed by atoms with Gasteiger partial charge in [-0.1, -0.05) is 13.3 Å². The molecule has 0 bridgehead atoms. The third-order valence-electron chi connectivity index (χ3n) is 5.24. The highest BCUT2D eigenvalue weighted by atomic mass is 16.3. The highest BCUT2D eigenvalue weighted by Gasteiger charge is 2.29. The monoisotopic (exact) mass is 378 g/mol. The number of amides is 1. The van der Waals surface area contributed by atoms with E-state index >= 15 is 0 Å². The van der Waals surface area contributed by atoms with Crippen LogP contribution in [0.5, 0.6) is 0 Å². The molecule has 1 aliphatic rings. The van der Waals surface area contributed by atoms with E-state index in [0.29, 0.717) is 6.54 Å². The van der Waals surface area contributed by atoms with Crippen molar-refractivity contribution in [3.05, 3.63) is 66.4 Å². The van der Waals surface area contributed by atoms with Gasteiger partial charge in [-0.25, -0.2) is 4.68 Å². The Morgan fingerprint density at radius 3 is 2.71 bits per heavy atom. The number of nitrogens with zero attached hydrogens (tertiary/aromatic N) is 3. The Hall–Kier alpha value is -2.86. The van der Waals surface area contributed by atoms with Gasteiger partial charge in [0.2, 0.25) is 5.91 Å². The zero-order chi connectivity index (χ0) is 19.3. The van der Waals surface area contributed by atoms with E-state index in [1.807, 2.05) is 48.7 Å². The number of aromatic nitrogens is 2. The van der Waals surface area contributed by atoms with Gasteiger partial charge in [0.25, 0.3) is 0 Å². The van der Waals surface area contributed by atoms with Crippen LogP contribution in [0.15, 0.2) is 59.3 Å². The number of anilines is 1. The molecule has 0 saturated carbocycles. The number of benzene rings is 1. The molecule has 1 atom stereocenters. The molecule has 6 nitrogen and oxygen atoms in total. The summed E-state index contributed by atoms with van der Waals surface area (Å²) < 4.78 is 7.64. The third kappa shape index (κ3) is 4.17. The second-order valence-corrected chi connectivity index (χ2v) is 7.19. The molecule has 2 aromatic heterocycles. The number of rotatable bonds is 6. The van der Waals surface area contributed by atoms with Crippen LogP contribution in [0.25, 0.3) is 5.69 Å².